The van der Waals surface area contributed by atoms with E-state index in [0.29, 0.717) is 6.54 Å². The average Bonchev–Trinajstić information content (AvgIpc) is 2.77. The molecule has 1 aliphatic carbocycles. The zero-order valence-electron chi connectivity index (χ0n) is 8.79. The van der Waals surface area contributed by atoms with Gasteiger partial charge in [-0.3, -0.25) is 9.59 Å². The van der Waals surface area contributed by atoms with Crippen LogP contribution in [0.5, 0.6) is 0 Å². The van der Waals surface area contributed by atoms with E-state index in [4.69, 9.17) is 0 Å². The Hall–Kier alpha value is -0.330. The van der Waals surface area contributed by atoms with Gasteiger partial charge in [0, 0.05) is 12.5 Å². The summed E-state index contributed by atoms with van der Waals surface area (Å²) in [5, 5.41) is 2.79. The molecule has 0 aliphatic heterocycles. The monoisotopic (exact) mass is 325 g/mol. The van der Waals surface area contributed by atoms with Crippen LogP contribution in [0.3, 0.4) is 0 Å². The van der Waals surface area contributed by atoms with Crippen LogP contribution in [0.15, 0.2) is 0 Å². The first-order valence-electron chi connectivity index (χ1n) is 5.14. The molecule has 0 aromatic heterocycles. The van der Waals surface area contributed by atoms with Crippen molar-refractivity contribution in [1.29, 1.82) is 0 Å². The van der Waals surface area contributed by atoms with E-state index in [9.17, 15) is 9.59 Å². The first-order valence-corrected chi connectivity index (χ1v) is 6.39. The number of methoxy groups -OCH3 is 1. The molecule has 1 aliphatic rings. The van der Waals surface area contributed by atoms with E-state index in [1.165, 1.54) is 7.11 Å². The van der Waals surface area contributed by atoms with E-state index >= 15 is 0 Å². The Morgan fingerprint density at radius 3 is 2.60 bits per heavy atom. The highest BCUT2D eigenvalue weighted by molar-refractivity contribution is 14.1. The van der Waals surface area contributed by atoms with E-state index in [-0.39, 0.29) is 21.7 Å². The Morgan fingerprint density at radius 1 is 1.47 bits per heavy atom. The number of esters is 1. The molecule has 1 unspecified atom stereocenters. The Bertz CT molecular complexity index is 239. The van der Waals surface area contributed by atoms with Gasteiger partial charge in [-0.1, -0.05) is 35.4 Å². The quantitative estimate of drug-likeness (QED) is 0.481. The third-order valence-corrected chi connectivity index (χ3v) is 3.59. The van der Waals surface area contributed by atoms with Crippen LogP contribution in [0.25, 0.3) is 0 Å². The fourth-order valence-electron chi connectivity index (χ4n) is 1.73. The molecule has 15 heavy (non-hydrogen) atoms. The van der Waals surface area contributed by atoms with Crippen molar-refractivity contribution in [3.05, 3.63) is 0 Å². The van der Waals surface area contributed by atoms with Gasteiger partial charge >= 0.3 is 5.97 Å². The van der Waals surface area contributed by atoms with Crippen LogP contribution in [0, 0.1) is 5.92 Å². The van der Waals surface area contributed by atoms with Gasteiger partial charge in [0.2, 0.25) is 5.91 Å². The molecule has 0 radical (unpaired) electrons. The number of hydrogen-bond donors (Lipinski definition) is 1. The highest BCUT2D eigenvalue weighted by Gasteiger charge is 2.24. The summed E-state index contributed by atoms with van der Waals surface area (Å²) in [6, 6.07) is 0. The summed E-state index contributed by atoms with van der Waals surface area (Å²) >= 11 is 1.97. The molecule has 0 bridgehead atoms. The molecule has 5 heteroatoms. The zero-order valence-corrected chi connectivity index (χ0v) is 11.0. The predicted octanol–water partition coefficient (Wildman–Crippen LogP) is 1.27. The maximum absolute atomic E-state index is 11.6. The van der Waals surface area contributed by atoms with Crippen molar-refractivity contribution < 1.29 is 14.3 Å². The molecule has 86 valence electrons. The summed E-state index contributed by atoms with van der Waals surface area (Å²) in [6.07, 6.45) is 4.25. The van der Waals surface area contributed by atoms with Gasteiger partial charge in [0.05, 0.1) is 7.11 Å². The number of nitrogens with one attached hydrogen (secondary N) is 1. The van der Waals surface area contributed by atoms with Gasteiger partial charge in [0.15, 0.2) is 0 Å². The molecule has 0 spiro atoms. The minimum atomic E-state index is -0.294. The fourth-order valence-corrected chi connectivity index (χ4v) is 2.21. The molecule has 0 aromatic carbocycles. The van der Waals surface area contributed by atoms with Crippen molar-refractivity contribution in [3.63, 3.8) is 0 Å². The number of alkyl halides is 1. The number of hydrogen-bond acceptors (Lipinski definition) is 3. The van der Waals surface area contributed by atoms with Crippen molar-refractivity contribution in [2.24, 2.45) is 5.92 Å². The Kier molecular flexibility index (Phi) is 5.35. The largest absolute Gasteiger partial charge is 0.468 e. The summed E-state index contributed by atoms with van der Waals surface area (Å²) in [7, 11) is 1.35. The minimum absolute atomic E-state index is 0.0815. The highest BCUT2D eigenvalue weighted by atomic mass is 127. The topological polar surface area (TPSA) is 55.4 Å². The smallest absolute Gasteiger partial charge is 0.320 e. The van der Waals surface area contributed by atoms with Crippen molar-refractivity contribution in [1.82, 2.24) is 5.32 Å². The van der Waals surface area contributed by atoms with E-state index in [1.807, 2.05) is 22.6 Å². The molecule has 1 amide bonds. The van der Waals surface area contributed by atoms with Gasteiger partial charge < -0.3 is 10.1 Å². The Labute approximate surface area is 103 Å². The van der Waals surface area contributed by atoms with Gasteiger partial charge in [-0.05, 0) is 12.8 Å². The Balaban J connectivity index is 2.24. The molecule has 0 heterocycles. The lowest BCUT2D eigenvalue weighted by Crippen LogP contribution is -2.36. The van der Waals surface area contributed by atoms with Gasteiger partial charge in [0.25, 0.3) is 0 Å². The van der Waals surface area contributed by atoms with Crippen LogP contribution in [-0.2, 0) is 14.3 Å². The number of carbonyl (C=O) groups is 2. The first-order chi connectivity index (χ1) is 7.15. The summed E-state index contributed by atoms with van der Waals surface area (Å²) in [6.45, 7) is 0.364. The molecule has 0 aromatic rings. The lowest BCUT2D eigenvalue weighted by atomic mass is 10.1. The third-order valence-electron chi connectivity index (χ3n) is 2.64. The second-order valence-electron chi connectivity index (χ2n) is 3.72. The van der Waals surface area contributed by atoms with Crippen LogP contribution >= 0.6 is 22.6 Å². The van der Waals surface area contributed by atoms with Crippen LogP contribution in [-0.4, -0.2) is 29.5 Å². The number of carbonyl (C=O) groups excluding carboxylic acids is 2. The predicted molar refractivity (Wildman–Crippen MR) is 64.8 cm³/mol. The SMILES string of the molecule is COC(=O)C(I)CNC(=O)C1CCCC1. The molecule has 1 atom stereocenters. The standard InChI is InChI=1S/C10H16INO3/c1-15-10(14)8(11)6-12-9(13)7-4-2-3-5-7/h7-8H,2-6H2,1H3,(H,12,13). The summed E-state index contributed by atoms with van der Waals surface area (Å²) in [5.74, 6) is -0.0494. The lowest BCUT2D eigenvalue weighted by Gasteiger charge is -2.12. The molecule has 1 fully saturated rings. The first kappa shape index (κ1) is 12.7. The van der Waals surface area contributed by atoms with Crippen molar-refractivity contribution in [2.75, 3.05) is 13.7 Å². The van der Waals surface area contributed by atoms with E-state index in [0.717, 1.165) is 25.7 Å². The summed E-state index contributed by atoms with van der Waals surface area (Å²) < 4.78 is 4.28. The second kappa shape index (κ2) is 6.30. The summed E-state index contributed by atoms with van der Waals surface area (Å²) in [4.78, 5) is 22.7. The Morgan fingerprint density at radius 2 is 2.07 bits per heavy atom. The molecule has 1 rings (SSSR count). The molecule has 0 saturated heterocycles. The van der Waals surface area contributed by atoms with Crippen molar-refractivity contribution in [2.45, 2.75) is 29.6 Å². The van der Waals surface area contributed by atoms with E-state index < -0.39 is 0 Å². The maximum atomic E-state index is 11.6. The van der Waals surface area contributed by atoms with E-state index in [2.05, 4.69) is 10.1 Å². The van der Waals surface area contributed by atoms with Crippen molar-refractivity contribution in [3.8, 4) is 0 Å². The normalized spacial score (nSPS) is 18.5. The van der Waals surface area contributed by atoms with Crippen LogP contribution in [0.1, 0.15) is 25.7 Å². The van der Waals surface area contributed by atoms with Crippen LogP contribution in [0.2, 0.25) is 0 Å². The molecular formula is C10H16INO3. The lowest BCUT2D eigenvalue weighted by molar-refractivity contribution is -0.139. The fraction of sp³-hybridized carbons (Fsp3) is 0.800. The van der Waals surface area contributed by atoms with E-state index in [1.54, 1.807) is 0 Å². The van der Waals surface area contributed by atoms with Gasteiger partial charge in [-0.15, -0.1) is 0 Å². The maximum Gasteiger partial charge on any atom is 0.320 e. The zero-order chi connectivity index (χ0) is 11.3. The number of ether oxygens (including phenoxy) is 1. The second-order valence-corrected chi connectivity index (χ2v) is 5.22. The van der Waals surface area contributed by atoms with Crippen LogP contribution < -0.4 is 5.32 Å². The minimum Gasteiger partial charge on any atom is -0.468 e. The molecule has 4 nitrogen and oxygen atoms in total. The van der Waals surface area contributed by atoms with Gasteiger partial charge in [-0.25, -0.2) is 0 Å². The number of halogens is 1. The average molecular weight is 325 g/mol. The number of rotatable bonds is 4. The van der Waals surface area contributed by atoms with Crippen LogP contribution in [0.4, 0.5) is 0 Å². The van der Waals surface area contributed by atoms with Gasteiger partial charge in [0.1, 0.15) is 3.92 Å². The van der Waals surface area contributed by atoms with Crippen molar-refractivity contribution >= 4 is 34.5 Å². The molecule has 1 N–H and O–H groups in total. The third kappa shape index (κ3) is 3.96. The highest BCUT2D eigenvalue weighted by Crippen LogP contribution is 2.24. The summed E-state index contributed by atoms with van der Waals surface area (Å²) in [5.41, 5.74) is 0. The van der Waals surface area contributed by atoms with Gasteiger partial charge in [-0.2, -0.15) is 0 Å². The molecular weight excluding hydrogens is 309 g/mol. The molecule has 1 saturated carbocycles. The number of amides is 1.